The van der Waals surface area contributed by atoms with Crippen LogP contribution in [0.15, 0.2) is 70.9 Å². The summed E-state index contributed by atoms with van der Waals surface area (Å²) < 4.78 is 37.5. The Kier molecular flexibility index (Phi) is 4.52. The zero-order valence-corrected chi connectivity index (χ0v) is 11.3. The second-order valence-corrected chi connectivity index (χ2v) is 4.36. The maximum absolute atomic E-state index is 12.5. The summed E-state index contributed by atoms with van der Waals surface area (Å²) in [5, 5.41) is 7.14. The van der Waals surface area contributed by atoms with Crippen LogP contribution >= 0.6 is 0 Å². The molecule has 2 rings (SSSR count). The van der Waals surface area contributed by atoms with Crippen LogP contribution in [0, 0.1) is 0 Å². The van der Waals surface area contributed by atoms with Crippen LogP contribution in [0.5, 0.6) is 0 Å². The molecule has 0 saturated carbocycles. The van der Waals surface area contributed by atoms with E-state index in [1.165, 1.54) is 0 Å². The lowest BCUT2D eigenvalue weighted by atomic mass is 10.0. The minimum Gasteiger partial charge on any atom is -0.165 e. The van der Waals surface area contributed by atoms with Gasteiger partial charge in [0.05, 0.1) is 0 Å². The summed E-state index contributed by atoms with van der Waals surface area (Å²) in [7, 11) is 0. The number of alkyl halides is 3. The average molecular weight is 290 g/mol. The Morgan fingerprint density at radius 1 is 0.762 bits per heavy atom. The molecule has 0 aromatic heterocycles. The first kappa shape index (κ1) is 15.0. The Hall–Kier alpha value is -2.43. The summed E-state index contributed by atoms with van der Waals surface area (Å²) in [6, 6.07) is 18.0. The molecule has 0 N–H and O–H groups in total. The Bertz CT molecular complexity index is 603. The average Bonchev–Trinajstić information content (AvgIpc) is 2.48. The number of halogens is 3. The van der Waals surface area contributed by atoms with Crippen LogP contribution in [-0.4, -0.2) is 17.6 Å². The van der Waals surface area contributed by atoms with Gasteiger partial charge in [0.1, 0.15) is 11.4 Å². The van der Waals surface area contributed by atoms with Crippen molar-refractivity contribution in [3.8, 4) is 0 Å². The van der Waals surface area contributed by atoms with Crippen LogP contribution in [0.2, 0.25) is 0 Å². The molecule has 0 heterocycles. The minimum atomic E-state index is -4.47. The third-order valence-electron chi connectivity index (χ3n) is 2.80. The highest BCUT2D eigenvalue weighted by Crippen LogP contribution is 2.18. The normalized spacial score (nSPS) is 12.1. The van der Waals surface area contributed by atoms with Crippen molar-refractivity contribution in [3.05, 3.63) is 71.8 Å². The van der Waals surface area contributed by atoms with E-state index in [1.54, 1.807) is 48.5 Å². The van der Waals surface area contributed by atoms with Crippen molar-refractivity contribution in [1.82, 2.24) is 0 Å². The number of hydrogen-bond donors (Lipinski definition) is 0. The molecule has 21 heavy (non-hydrogen) atoms. The fourth-order valence-electron chi connectivity index (χ4n) is 1.66. The van der Waals surface area contributed by atoms with Crippen molar-refractivity contribution in [2.45, 2.75) is 13.1 Å². The third kappa shape index (κ3) is 4.02. The monoisotopic (exact) mass is 290 g/mol. The van der Waals surface area contributed by atoms with Gasteiger partial charge in [-0.1, -0.05) is 60.7 Å². The molecule has 108 valence electrons. The molecule has 2 aromatic rings. The molecule has 0 atom stereocenters. The lowest BCUT2D eigenvalue weighted by Gasteiger charge is -2.07. The fourth-order valence-corrected chi connectivity index (χ4v) is 1.66. The van der Waals surface area contributed by atoms with Gasteiger partial charge in [0.2, 0.25) is 0 Å². The van der Waals surface area contributed by atoms with Gasteiger partial charge in [0.15, 0.2) is 0 Å². The molecule has 0 radical (unpaired) electrons. The Morgan fingerprint density at radius 3 is 1.57 bits per heavy atom. The van der Waals surface area contributed by atoms with Gasteiger partial charge in [0, 0.05) is 11.1 Å². The summed E-state index contributed by atoms with van der Waals surface area (Å²) in [4.78, 5) is 0. The molecule has 0 aliphatic carbocycles. The molecule has 0 amide bonds. The SMILES string of the molecule is C/C(=N\N=C(c1ccccc1)c1ccccc1)C(F)(F)F. The van der Waals surface area contributed by atoms with Crippen molar-refractivity contribution in [2.75, 3.05) is 0 Å². The van der Waals surface area contributed by atoms with Gasteiger partial charge in [-0.25, -0.2) is 0 Å². The topological polar surface area (TPSA) is 24.7 Å². The van der Waals surface area contributed by atoms with Crippen molar-refractivity contribution >= 4 is 11.4 Å². The van der Waals surface area contributed by atoms with E-state index in [4.69, 9.17) is 0 Å². The van der Waals surface area contributed by atoms with Crippen LogP contribution < -0.4 is 0 Å². The molecule has 0 fully saturated rings. The highest BCUT2D eigenvalue weighted by atomic mass is 19.4. The van der Waals surface area contributed by atoms with E-state index in [1.807, 2.05) is 12.1 Å². The number of rotatable bonds is 3. The van der Waals surface area contributed by atoms with Crippen LogP contribution in [0.4, 0.5) is 13.2 Å². The molecule has 2 nitrogen and oxygen atoms in total. The van der Waals surface area contributed by atoms with Crippen molar-refractivity contribution in [3.63, 3.8) is 0 Å². The maximum Gasteiger partial charge on any atom is 0.431 e. The molecule has 0 spiro atoms. The van der Waals surface area contributed by atoms with E-state index < -0.39 is 11.9 Å². The first-order valence-electron chi connectivity index (χ1n) is 6.29. The lowest BCUT2D eigenvalue weighted by molar-refractivity contribution is -0.0593. The van der Waals surface area contributed by atoms with Gasteiger partial charge in [-0.3, -0.25) is 0 Å². The first-order valence-corrected chi connectivity index (χ1v) is 6.29. The molecule has 5 heteroatoms. The molecule has 0 bridgehead atoms. The summed E-state index contributed by atoms with van der Waals surface area (Å²) in [5.41, 5.74) is 0.844. The van der Waals surface area contributed by atoms with E-state index in [0.717, 1.165) is 6.92 Å². The lowest BCUT2D eigenvalue weighted by Crippen LogP contribution is -2.19. The zero-order chi connectivity index (χ0) is 15.3. The van der Waals surface area contributed by atoms with E-state index in [9.17, 15) is 13.2 Å². The smallest absolute Gasteiger partial charge is 0.165 e. The van der Waals surface area contributed by atoms with E-state index >= 15 is 0 Å². The summed E-state index contributed by atoms with van der Waals surface area (Å²) in [5.74, 6) is 0. The predicted molar refractivity (Wildman–Crippen MR) is 77.7 cm³/mol. The molecule has 0 aliphatic rings. The van der Waals surface area contributed by atoms with Crippen molar-refractivity contribution < 1.29 is 13.2 Å². The first-order chi connectivity index (χ1) is 9.98. The largest absolute Gasteiger partial charge is 0.431 e. The van der Waals surface area contributed by atoms with Gasteiger partial charge in [0.25, 0.3) is 0 Å². The number of benzene rings is 2. The predicted octanol–water partition coefficient (Wildman–Crippen LogP) is 4.46. The van der Waals surface area contributed by atoms with Crippen LogP contribution in [0.25, 0.3) is 0 Å². The maximum atomic E-state index is 12.5. The second-order valence-electron chi connectivity index (χ2n) is 4.36. The van der Waals surface area contributed by atoms with Gasteiger partial charge in [-0.2, -0.15) is 18.3 Å². The quantitative estimate of drug-likeness (QED) is 0.589. The number of nitrogens with zero attached hydrogens (tertiary/aromatic N) is 2. The number of hydrogen-bond acceptors (Lipinski definition) is 2. The second kappa shape index (κ2) is 6.35. The Morgan fingerprint density at radius 2 is 1.19 bits per heavy atom. The van der Waals surface area contributed by atoms with Crippen LogP contribution in [0.1, 0.15) is 18.1 Å². The van der Waals surface area contributed by atoms with E-state index in [0.29, 0.717) is 16.8 Å². The fraction of sp³-hybridized carbons (Fsp3) is 0.125. The van der Waals surface area contributed by atoms with Gasteiger partial charge >= 0.3 is 6.18 Å². The standard InChI is InChI=1S/C16H13F3N2/c1-12(16(17,18)19)20-21-15(13-8-4-2-5-9-13)14-10-6-3-7-11-14/h2-11H,1H3/b20-12+. The highest BCUT2D eigenvalue weighted by molar-refractivity contribution is 6.13. The van der Waals surface area contributed by atoms with Crippen molar-refractivity contribution in [2.24, 2.45) is 10.2 Å². The summed E-state index contributed by atoms with van der Waals surface area (Å²) in [6.07, 6.45) is -4.47. The van der Waals surface area contributed by atoms with Gasteiger partial charge in [-0.15, -0.1) is 5.10 Å². The van der Waals surface area contributed by atoms with E-state index in [2.05, 4.69) is 10.2 Å². The van der Waals surface area contributed by atoms with Crippen molar-refractivity contribution in [1.29, 1.82) is 0 Å². The molecule has 0 unspecified atom stereocenters. The molecule has 2 aromatic carbocycles. The Labute approximate surface area is 120 Å². The molecule has 0 saturated heterocycles. The summed E-state index contributed by atoms with van der Waals surface area (Å²) in [6.45, 7) is 0.900. The van der Waals surface area contributed by atoms with Gasteiger partial charge in [-0.05, 0) is 6.92 Å². The zero-order valence-electron chi connectivity index (χ0n) is 11.3. The highest BCUT2D eigenvalue weighted by Gasteiger charge is 2.32. The summed E-state index contributed by atoms with van der Waals surface area (Å²) >= 11 is 0. The van der Waals surface area contributed by atoms with E-state index in [-0.39, 0.29) is 0 Å². The Balaban J connectivity index is 2.48. The van der Waals surface area contributed by atoms with Crippen LogP contribution in [0.3, 0.4) is 0 Å². The van der Waals surface area contributed by atoms with Gasteiger partial charge < -0.3 is 0 Å². The molecular weight excluding hydrogens is 277 g/mol. The molecular formula is C16H13F3N2. The molecule has 0 aliphatic heterocycles. The third-order valence-corrected chi connectivity index (χ3v) is 2.80. The van der Waals surface area contributed by atoms with Crippen LogP contribution in [-0.2, 0) is 0 Å². The minimum absolute atomic E-state index is 0.403.